The Bertz CT molecular complexity index is 624. The second kappa shape index (κ2) is 5.05. The second-order valence-electron chi connectivity index (χ2n) is 4.05. The van der Waals surface area contributed by atoms with Gasteiger partial charge in [-0.05, 0) is 19.1 Å². The Morgan fingerprint density at radius 1 is 1.37 bits per heavy atom. The van der Waals surface area contributed by atoms with Gasteiger partial charge in [-0.2, -0.15) is 5.10 Å². The van der Waals surface area contributed by atoms with Gasteiger partial charge in [-0.15, -0.1) is 0 Å². The minimum Gasteiger partial charge on any atom is -0.382 e. The van der Waals surface area contributed by atoms with E-state index < -0.39 is 17.5 Å². The van der Waals surface area contributed by atoms with E-state index in [9.17, 15) is 13.6 Å². The van der Waals surface area contributed by atoms with Gasteiger partial charge in [-0.3, -0.25) is 9.48 Å². The number of benzene rings is 1. The largest absolute Gasteiger partial charge is 0.382 e. The molecule has 0 aliphatic heterocycles. The Balaban J connectivity index is 2.05. The van der Waals surface area contributed by atoms with Crippen LogP contribution in [0, 0.1) is 18.6 Å². The van der Waals surface area contributed by atoms with E-state index in [2.05, 4.69) is 10.4 Å². The molecule has 0 unspecified atom stereocenters. The van der Waals surface area contributed by atoms with Crippen molar-refractivity contribution in [3.8, 4) is 0 Å². The Labute approximate surface area is 108 Å². The quantitative estimate of drug-likeness (QED) is 0.887. The van der Waals surface area contributed by atoms with Gasteiger partial charge in [-0.1, -0.05) is 0 Å². The van der Waals surface area contributed by atoms with Crippen LogP contribution in [0.5, 0.6) is 0 Å². The molecule has 0 fully saturated rings. The van der Waals surface area contributed by atoms with E-state index in [0.29, 0.717) is 5.82 Å². The van der Waals surface area contributed by atoms with E-state index in [-0.39, 0.29) is 12.2 Å². The van der Waals surface area contributed by atoms with Crippen molar-refractivity contribution < 1.29 is 13.6 Å². The van der Waals surface area contributed by atoms with Crippen LogP contribution in [0.1, 0.15) is 5.69 Å². The topological polar surface area (TPSA) is 72.9 Å². The molecule has 1 aromatic carbocycles. The van der Waals surface area contributed by atoms with Crippen molar-refractivity contribution in [1.82, 2.24) is 9.78 Å². The van der Waals surface area contributed by atoms with E-state index in [0.717, 1.165) is 17.8 Å². The molecule has 2 rings (SSSR count). The minimum atomic E-state index is -1.02. The van der Waals surface area contributed by atoms with Gasteiger partial charge in [0.25, 0.3) is 0 Å². The van der Waals surface area contributed by atoms with Gasteiger partial charge in [-0.25, -0.2) is 8.78 Å². The molecular formula is C12H12F2N4O. The number of amides is 1. The Kier molecular flexibility index (Phi) is 3.46. The van der Waals surface area contributed by atoms with Crippen LogP contribution in [0.25, 0.3) is 0 Å². The lowest BCUT2D eigenvalue weighted by molar-refractivity contribution is -0.116. The molecule has 0 saturated carbocycles. The summed E-state index contributed by atoms with van der Waals surface area (Å²) in [4.78, 5) is 11.7. The van der Waals surface area contributed by atoms with Crippen LogP contribution in [0.4, 0.5) is 20.3 Å². The molecule has 19 heavy (non-hydrogen) atoms. The predicted molar refractivity (Wildman–Crippen MR) is 66.4 cm³/mol. The summed E-state index contributed by atoms with van der Waals surface area (Å²) in [5.41, 5.74) is 6.41. The van der Waals surface area contributed by atoms with E-state index in [1.54, 1.807) is 13.0 Å². The van der Waals surface area contributed by atoms with Crippen molar-refractivity contribution in [2.24, 2.45) is 0 Å². The van der Waals surface area contributed by atoms with Crippen LogP contribution in [-0.2, 0) is 11.3 Å². The SMILES string of the molecule is Cc1cc(N)nn1CC(=O)Nc1ccc(F)c(F)c1. The maximum Gasteiger partial charge on any atom is 0.246 e. The Morgan fingerprint density at radius 3 is 2.68 bits per heavy atom. The molecule has 0 aliphatic carbocycles. The fourth-order valence-electron chi connectivity index (χ4n) is 1.61. The summed E-state index contributed by atoms with van der Waals surface area (Å²) in [5.74, 6) is -2.07. The minimum absolute atomic E-state index is 0.0535. The summed E-state index contributed by atoms with van der Waals surface area (Å²) in [6, 6.07) is 4.77. The van der Waals surface area contributed by atoms with Crippen molar-refractivity contribution in [2.45, 2.75) is 13.5 Å². The van der Waals surface area contributed by atoms with Crippen molar-refractivity contribution in [3.63, 3.8) is 0 Å². The highest BCUT2D eigenvalue weighted by Crippen LogP contribution is 2.13. The summed E-state index contributed by atoms with van der Waals surface area (Å²) in [5, 5.41) is 6.37. The van der Waals surface area contributed by atoms with Gasteiger partial charge in [0.15, 0.2) is 11.6 Å². The van der Waals surface area contributed by atoms with Crippen LogP contribution in [-0.4, -0.2) is 15.7 Å². The zero-order valence-corrected chi connectivity index (χ0v) is 10.2. The van der Waals surface area contributed by atoms with Crippen LogP contribution in [0.2, 0.25) is 0 Å². The summed E-state index contributed by atoms with van der Waals surface area (Å²) in [7, 11) is 0. The number of aromatic nitrogens is 2. The molecule has 3 N–H and O–H groups in total. The molecule has 2 aromatic rings. The zero-order valence-electron chi connectivity index (χ0n) is 10.2. The number of rotatable bonds is 3. The van der Waals surface area contributed by atoms with E-state index >= 15 is 0 Å². The van der Waals surface area contributed by atoms with Crippen molar-refractivity contribution in [1.29, 1.82) is 0 Å². The van der Waals surface area contributed by atoms with Crippen LogP contribution >= 0.6 is 0 Å². The fourth-order valence-corrected chi connectivity index (χ4v) is 1.61. The number of hydrogen-bond acceptors (Lipinski definition) is 3. The molecule has 100 valence electrons. The van der Waals surface area contributed by atoms with E-state index in [1.165, 1.54) is 10.7 Å². The van der Waals surface area contributed by atoms with Crippen LogP contribution in [0.15, 0.2) is 24.3 Å². The number of nitrogens with one attached hydrogen (secondary N) is 1. The van der Waals surface area contributed by atoms with Crippen molar-refractivity contribution in [2.75, 3.05) is 11.1 Å². The maximum atomic E-state index is 13.0. The van der Waals surface area contributed by atoms with Crippen LogP contribution < -0.4 is 11.1 Å². The molecule has 5 nitrogen and oxygen atoms in total. The van der Waals surface area contributed by atoms with E-state index in [4.69, 9.17) is 5.73 Å². The number of carbonyl (C=O) groups is 1. The third kappa shape index (κ3) is 3.06. The molecule has 7 heteroatoms. The summed E-state index contributed by atoms with van der Waals surface area (Å²) < 4.78 is 27.1. The molecule has 1 amide bonds. The molecule has 0 bridgehead atoms. The number of aryl methyl sites for hydroxylation is 1. The molecule has 0 saturated heterocycles. The third-order valence-electron chi connectivity index (χ3n) is 2.50. The standard InChI is InChI=1S/C12H12F2N4O/c1-7-4-11(15)17-18(7)6-12(19)16-8-2-3-9(13)10(14)5-8/h2-5H,6H2,1H3,(H2,15,17)(H,16,19). The highest BCUT2D eigenvalue weighted by molar-refractivity contribution is 5.90. The third-order valence-corrected chi connectivity index (χ3v) is 2.50. The van der Waals surface area contributed by atoms with Gasteiger partial charge in [0, 0.05) is 23.5 Å². The Hall–Kier alpha value is -2.44. The predicted octanol–water partition coefficient (Wildman–Crippen LogP) is 1.69. The molecule has 1 heterocycles. The number of hydrogen-bond donors (Lipinski definition) is 2. The number of nitrogens with zero attached hydrogens (tertiary/aromatic N) is 2. The highest BCUT2D eigenvalue weighted by atomic mass is 19.2. The summed E-state index contributed by atoms with van der Waals surface area (Å²) in [6.45, 7) is 1.70. The first-order valence-electron chi connectivity index (χ1n) is 5.50. The average Bonchev–Trinajstić information content (AvgIpc) is 2.62. The maximum absolute atomic E-state index is 13.0. The fraction of sp³-hybridized carbons (Fsp3) is 0.167. The number of nitrogen functional groups attached to an aromatic ring is 1. The lowest BCUT2D eigenvalue weighted by Gasteiger charge is -2.07. The molecule has 1 aromatic heterocycles. The Morgan fingerprint density at radius 2 is 2.11 bits per heavy atom. The number of anilines is 2. The lowest BCUT2D eigenvalue weighted by Crippen LogP contribution is -2.20. The number of nitrogens with two attached hydrogens (primary N) is 1. The zero-order chi connectivity index (χ0) is 14.0. The highest BCUT2D eigenvalue weighted by Gasteiger charge is 2.09. The average molecular weight is 266 g/mol. The first kappa shape index (κ1) is 13.0. The molecule has 0 aliphatic rings. The normalized spacial score (nSPS) is 10.5. The summed E-state index contributed by atoms with van der Waals surface area (Å²) in [6.07, 6.45) is 0. The number of halogens is 2. The first-order valence-corrected chi connectivity index (χ1v) is 5.50. The van der Waals surface area contributed by atoms with Crippen molar-refractivity contribution >= 4 is 17.4 Å². The molecular weight excluding hydrogens is 254 g/mol. The van der Waals surface area contributed by atoms with Gasteiger partial charge in [0.05, 0.1) is 0 Å². The van der Waals surface area contributed by atoms with E-state index in [1.807, 2.05) is 0 Å². The van der Waals surface area contributed by atoms with Crippen LogP contribution in [0.3, 0.4) is 0 Å². The molecule has 0 radical (unpaired) electrons. The monoisotopic (exact) mass is 266 g/mol. The smallest absolute Gasteiger partial charge is 0.246 e. The summed E-state index contributed by atoms with van der Waals surface area (Å²) >= 11 is 0. The molecule has 0 spiro atoms. The van der Waals surface area contributed by atoms with Gasteiger partial charge < -0.3 is 11.1 Å². The van der Waals surface area contributed by atoms with Gasteiger partial charge >= 0.3 is 0 Å². The first-order chi connectivity index (χ1) is 8.95. The van der Waals surface area contributed by atoms with Crippen molar-refractivity contribution in [3.05, 3.63) is 41.6 Å². The lowest BCUT2D eigenvalue weighted by atomic mass is 10.3. The molecule has 0 atom stereocenters. The van der Waals surface area contributed by atoms with Gasteiger partial charge in [0.1, 0.15) is 12.4 Å². The number of carbonyl (C=O) groups excluding carboxylic acids is 1. The second-order valence-corrected chi connectivity index (χ2v) is 4.05. The van der Waals surface area contributed by atoms with Gasteiger partial charge in [0.2, 0.25) is 5.91 Å².